The van der Waals surface area contributed by atoms with Gasteiger partial charge >= 0.3 is 0 Å². The smallest absolute Gasteiger partial charge is 0.295 e. The molecule has 0 radical (unpaired) electrons. The highest BCUT2D eigenvalue weighted by Crippen LogP contribution is 2.46. The van der Waals surface area contributed by atoms with Crippen molar-refractivity contribution in [2.75, 3.05) is 32.8 Å². The number of carbonyl (C=O) groups excluding carboxylic acids is 1. The zero-order chi connectivity index (χ0) is 26.3. The Kier molecular flexibility index (Phi) is 6.43. The van der Waals surface area contributed by atoms with Gasteiger partial charge in [-0.1, -0.05) is 11.6 Å². The number of anilines is 1. The molecule has 5 rings (SSSR count). The van der Waals surface area contributed by atoms with E-state index >= 15 is 0 Å². The second kappa shape index (κ2) is 9.71. The summed E-state index contributed by atoms with van der Waals surface area (Å²) in [7, 11) is 4.51. The molecule has 1 aliphatic heterocycles. The predicted octanol–water partition coefficient (Wildman–Crippen LogP) is 5.62. The number of hydrogen-bond acceptors (Lipinski definition) is 7. The third-order valence-electron chi connectivity index (χ3n) is 6.26. The number of fused-ring (bicyclic) bond motifs is 2. The predicted molar refractivity (Wildman–Crippen MR) is 140 cm³/mol. The molecular formula is C28H24ClNO7. The number of methoxy groups -OCH3 is 3. The van der Waals surface area contributed by atoms with E-state index in [1.807, 2.05) is 6.92 Å². The summed E-state index contributed by atoms with van der Waals surface area (Å²) in [4.78, 5) is 29.2. The molecule has 1 atom stereocenters. The molecule has 1 unspecified atom stereocenters. The van der Waals surface area contributed by atoms with Crippen LogP contribution in [0.2, 0.25) is 5.02 Å². The van der Waals surface area contributed by atoms with Gasteiger partial charge in [0.2, 0.25) is 11.5 Å². The maximum atomic E-state index is 13.8. The highest BCUT2D eigenvalue weighted by atomic mass is 35.5. The molecular weight excluding hydrogens is 498 g/mol. The van der Waals surface area contributed by atoms with Gasteiger partial charge < -0.3 is 23.4 Å². The Morgan fingerprint density at radius 3 is 2.19 bits per heavy atom. The SMILES string of the molecule is CCOc1ccc(N2C(=O)c3oc4ccc(Cl)cc4c(=O)c3C2c2cc(OC)c(OC)c(OC)c2)cc1. The molecule has 2 heterocycles. The summed E-state index contributed by atoms with van der Waals surface area (Å²) in [6.07, 6.45) is 0. The average molecular weight is 522 g/mol. The Balaban J connectivity index is 1.79. The first-order valence-electron chi connectivity index (χ1n) is 11.5. The number of benzene rings is 3. The number of rotatable bonds is 7. The lowest BCUT2D eigenvalue weighted by Gasteiger charge is -2.26. The number of halogens is 1. The number of amides is 1. The topological polar surface area (TPSA) is 87.4 Å². The van der Waals surface area contributed by atoms with Crippen LogP contribution in [0.1, 0.15) is 34.6 Å². The summed E-state index contributed by atoms with van der Waals surface area (Å²) in [6.45, 7) is 2.40. The first kappa shape index (κ1) is 24.5. The van der Waals surface area contributed by atoms with E-state index in [9.17, 15) is 9.59 Å². The summed E-state index contributed by atoms with van der Waals surface area (Å²) >= 11 is 6.18. The molecule has 0 spiro atoms. The van der Waals surface area contributed by atoms with Crippen molar-refractivity contribution in [2.24, 2.45) is 0 Å². The van der Waals surface area contributed by atoms with Crippen LogP contribution in [0, 0.1) is 0 Å². The summed E-state index contributed by atoms with van der Waals surface area (Å²) in [5.41, 5.74) is 1.25. The fourth-order valence-corrected chi connectivity index (χ4v) is 4.83. The lowest BCUT2D eigenvalue weighted by atomic mass is 9.97. The van der Waals surface area contributed by atoms with Gasteiger partial charge in [0, 0.05) is 10.7 Å². The molecule has 1 amide bonds. The van der Waals surface area contributed by atoms with E-state index in [0.29, 0.717) is 45.9 Å². The first-order valence-corrected chi connectivity index (χ1v) is 11.9. The van der Waals surface area contributed by atoms with Gasteiger partial charge in [-0.25, -0.2) is 0 Å². The van der Waals surface area contributed by atoms with E-state index in [4.69, 9.17) is 35.0 Å². The van der Waals surface area contributed by atoms with E-state index < -0.39 is 11.9 Å². The van der Waals surface area contributed by atoms with Crippen LogP contribution in [0.3, 0.4) is 0 Å². The molecule has 3 aromatic carbocycles. The van der Waals surface area contributed by atoms with Gasteiger partial charge in [0.25, 0.3) is 5.91 Å². The van der Waals surface area contributed by atoms with Crippen LogP contribution >= 0.6 is 11.6 Å². The minimum atomic E-state index is -0.839. The molecule has 0 fully saturated rings. The van der Waals surface area contributed by atoms with Crippen molar-refractivity contribution in [1.82, 2.24) is 0 Å². The van der Waals surface area contributed by atoms with Crippen LogP contribution < -0.4 is 29.3 Å². The standard InChI is InChI=1S/C28H24ClNO7/c1-5-36-18-9-7-17(8-10-18)30-24(15-12-21(33-2)26(35-4)22(13-15)34-3)23-25(31)19-14-16(29)6-11-20(19)37-27(23)28(30)32/h6-14,24H,5H2,1-4H3. The number of ether oxygens (including phenoxy) is 4. The lowest BCUT2D eigenvalue weighted by molar-refractivity contribution is 0.0971. The van der Waals surface area contributed by atoms with Crippen LogP contribution in [0.25, 0.3) is 11.0 Å². The number of hydrogen-bond donors (Lipinski definition) is 0. The van der Waals surface area contributed by atoms with Gasteiger partial charge in [0.1, 0.15) is 11.3 Å². The molecule has 1 aliphatic rings. The molecule has 9 heteroatoms. The van der Waals surface area contributed by atoms with Crippen molar-refractivity contribution in [3.05, 3.63) is 86.7 Å². The minimum Gasteiger partial charge on any atom is -0.494 e. The van der Waals surface area contributed by atoms with E-state index in [1.54, 1.807) is 54.6 Å². The summed E-state index contributed by atoms with van der Waals surface area (Å²) < 4.78 is 28.1. The van der Waals surface area contributed by atoms with Crippen molar-refractivity contribution in [1.29, 1.82) is 0 Å². The Bertz CT molecular complexity index is 1540. The minimum absolute atomic E-state index is 0.0348. The Labute approximate surface area is 217 Å². The normalized spacial score (nSPS) is 14.6. The van der Waals surface area contributed by atoms with Gasteiger partial charge in [-0.15, -0.1) is 0 Å². The zero-order valence-electron chi connectivity index (χ0n) is 20.7. The molecule has 8 nitrogen and oxygen atoms in total. The maximum Gasteiger partial charge on any atom is 0.295 e. The van der Waals surface area contributed by atoms with E-state index in [2.05, 4.69) is 0 Å². The third-order valence-corrected chi connectivity index (χ3v) is 6.50. The van der Waals surface area contributed by atoms with E-state index in [1.165, 1.54) is 26.2 Å². The van der Waals surface area contributed by atoms with Crippen molar-refractivity contribution in [3.8, 4) is 23.0 Å². The van der Waals surface area contributed by atoms with Crippen LogP contribution in [0.4, 0.5) is 5.69 Å². The van der Waals surface area contributed by atoms with E-state index in [-0.39, 0.29) is 27.7 Å². The van der Waals surface area contributed by atoms with Gasteiger partial charge in [0.15, 0.2) is 16.9 Å². The Morgan fingerprint density at radius 2 is 1.59 bits per heavy atom. The molecule has 190 valence electrons. The van der Waals surface area contributed by atoms with Crippen LogP contribution in [0.15, 0.2) is 63.8 Å². The fourth-order valence-electron chi connectivity index (χ4n) is 4.66. The number of nitrogens with zero attached hydrogens (tertiary/aromatic N) is 1. The van der Waals surface area contributed by atoms with Gasteiger partial charge in [-0.2, -0.15) is 0 Å². The first-order chi connectivity index (χ1) is 17.9. The van der Waals surface area contributed by atoms with Gasteiger partial charge in [0.05, 0.1) is 44.9 Å². The van der Waals surface area contributed by atoms with Crippen molar-refractivity contribution < 1.29 is 28.2 Å². The van der Waals surface area contributed by atoms with Crippen molar-refractivity contribution in [3.63, 3.8) is 0 Å². The molecule has 0 bridgehead atoms. The molecule has 0 saturated heterocycles. The Morgan fingerprint density at radius 1 is 0.919 bits per heavy atom. The second-order valence-electron chi connectivity index (χ2n) is 8.28. The third kappa shape index (κ3) is 4.03. The van der Waals surface area contributed by atoms with Crippen molar-refractivity contribution in [2.45, 2.75) is 13.0 Å². The monoisotopic (exact) mass is 521 g/mol. The van der Waals surface area contributed by atoms with Gasteiger partial charge in [-0.3, -0.25) is 14.5 Å². The highest BCUT2D eigenvalue weighted by Gasteiger charge is 2.44. The summed E-state index contributed by atoms with van der Waals surface area (Å²) in [5.74, 6) is 1.34. The van der Waals surface area contributed by atoms with E-state index in [0.717, 1.165) is 0 Å². The zero-order valence-corrected chi connectivity index (χ0v) is 21.4. The van der Waals surface area contributed by atoms with Crippen molar-refractivity contribution >= 4 is 34.2 Å². The molecule has 0 N–H and O–H groups in total. The molecule has 0 saturated carbocycles. The van der Waals surface area contributed by atoms with Crippen LogP contribution in [0.5, 0.6) is 23.0 Å². The lowest BCUT2D eigenvalue weighted by Crippen LogP contribution is -2.29. The van der Waals surface area contributed by atoms with Crippen LogP contribution in [-0.4, -0.2) is 33.8 Å². The molecule has 0 aliphatic carbocycles. The second-order valence-corrected chi connectivity index (χ2v) is 8.71. The number of carbonyl (C=O) groups is 1. The molecule has 4 aromatic rings. The summed E-state index contributed by atoms with van der Waals surface area (Å²) in [5, 5.41) is 0.668. The fraction of sp³-hybridized carbons (Fsp3) is 0.214. The molecule has 1 aromatic heterocycles. The highest BCUT2D eigenvalue weighted by molar-refractivity contribution is 6.31. The maximum absolute atomic E-state index is 13.8. The quantitative estimate of drug-likeness (QED) is 0.312. The summed E-state index contributed by atoms with van der Waals surface area (Å²) in [6, 6.07) is 14.4. The van der Waals surface area contributed by atoms with Gasteiger partial charge in [-0.05, 0) is 67.1 Å². The average Bonchev–Trinajstić information content (AvgIpc) is 3.21. The van der Waals surface area contributed by atoms with Crippen LogP contribution in [-0.2, 0) is 0 Å². The Hall–Kier alpha value is -4.17. The molecule has 37 heavy (non-hydrogen) atoms. The largest absolute Gasteiger partial charge is 0.494 e.